The third-order valence-electron chi connectivity index (χ3n) is 5.84. The van der Waals surface area contributed by atoms with Crippen LogP contribution >= 0.6 is 0 Å². The highest BCUT2D eigenvalue weighted by molar-refractivity contribution is 6.18. The number of hydrogen-bond acceptors (Lipinski definition) is 8. The topological polar surface area (TPSA) is 157 Å². The molecule has 0 spiro atoms. The number of carboxylic acids is 2. The van der Waals surface area contributed by atoms with Crippen molar-refractivity contribution in [2.75, 3.05) is 51.3 Å². The molecule has 36 heavy (non-hydrogen) atoms. The summed E-state index contributed by atoms with van der Waals surface area (Å²) in [6.07, 6.45) is 1.79. The monoisotopic (exact) mass is 504 g/mol. The van der Waals surface area contributed by atoms with Crippen molar-refractivity contribution in [2.45, 2.75) is 20.3 Å². The molecule has 0 saturated carbocycles. The van der Waals surface area contributed by atoms with Gasteiger partial charge in [0.15, 0.2) is 0 Å². The van der Waals surface area contributed by atoms with Gasteiger partial charge in [0.05, 0.1) is 12.8 Å². The standard InChI is InChI=1S/C20H28N4O4.C4H4O4/c1-20(2)17(25)21-19(27)24(18(20)26)10-6-9-22-11-13-23(14-12-22)15-7-4-5-8-16(15)28-3;5-3(6)1-2-4(7)8/h4-5,7-8H,6,9-14H2,1-3H3,(H,21,25,27);1-2H,(H,5,6)(H,7,8)/b;2-1+. The number of nitrogens with zero attached hydrogens (tertiary/aromatic N) is 3. The quantitative estimate of drug-likeness (QED) is 0.345. The summed E-state index contributed by atoms with van der Waals surface area (Å²) in [4.78, 5) is 61.1. The van der Waals surface area contributed by atoms with E-state index in [1.165, 1.54) is 0 Å². The molecule has 2 aliphatic heterocycles. The maximum Gasteiger partial charge on any atom is 0.330 e. The van der Waals surface area contributed by atoms with E-state index in [2.05, 4.69) is 21.2 Å². The van der Waals surface area contributed by atoms with Crippen molar-refractivity contribution in [3.8, 4) is 5.75 Å². The summed E-state index contributed by atoms with van der Waals surface area (Å²) in [6.45, 7) is 7.79. The van der Waals surface area contributed by atoms with Crippen molar-refractivity contribution in [2.24, 2.45) is 5.41 Å². The van der Waals surface area contributed by atoms with E-state index in [1.807, 2.05) is 18.2 Å². The second-order valence-corrected chi connectivity index (χ2v) is 8.70. The molecule has 2 fully saturated rings. The number of nitrogens with one attached hydrogen (secondary N) is 1. The number of carbonyl (C=O) groups is 5. The van der Waals surface area contributed by atoms with Gasteiger partial charge < -0.3 is 19.8 Å². The van der Waals surface area contributed by atoms with Crippen LogP contribution in [0.15, 0.2) is 36.4 Å². The van der Waals surface area contributed by atoms with Crippen LogP contribution in [0.2, 0.25) is 0 Å². The summed E-state index contributed by atoms with van der Waals surface area (Å²) in [5.41, 5.74) is -0.0963. The van der Waals surface area contributed by atoms with E-state index in [0.717, 1.165) is 49.1 Å². The molecule has 2 saturated heterocycles. The second kappa shape index (κ2) is 12.7. The zero-order valence-electron chi connectivity index (χ0n) is 20.6. The number of piperazine rings is 1. The van der Waals surface area contributed by atoms with E-state index in [0.29, 0.717) is 25.1 Å². The van der Waals surface area contributed by atoms with E-state index >= 15 is 0 Å². The predicted octanol–water partition coefficient (Wildman–Crippen LogP) is 1.02. The van der Waals surface area contributed by atoms with Crippen LogP contribution < -0.4 is 15.0 Å². The molecule has 0 aromatic heterocycles. The van der Waals surface area contributed by atoms with Gasteiger partial charge in [-0.25, -0.2) is 14.4 Å². The van der Waals surface area contributed by atoms with Crippen molar-refractivity contribution < 1.29 is 38.9 Å². The Morgan fingerprint density at radius 3 is 2.14 bits per heavy atom. The number of barbiturate groups is 1. The summed E-state index contributed by atoms with van der Waals surface area (Å²) in [5, 5.41) is 17.9. The lowest BCUT2D eigenvalue weighted by atomic mass is 9.89. The van der Waals surface area contributed by atoms with Crippen LogP contribution in [0.1, 0.15) is 20.3 Å². The van der Waals surface area contributed by atoms with Crippen molar-refractivity contribution in [3.05, 3.63) is 36.4 Å². The van der Waals surface area contributed by atoms with Crippen molar-refractivity contribution in [3.63, 3.8) is 0 Å². The molecule has 3 rings (SSSR count). The van der Waals surface area contributed by atoms with Gasteiger partial charge in [0, 0.05) is 44.9 Å². The maximum absolute atomic E-state index is 12.4. The van der Waals surface area contributed by atoms with Gasteiger partial charge in [-0.1, -0.05) is 12.1 Å². The zero-order chi connectivity index (χ0) is 26.9. The molecule has 0 unspecified atom stereocenters. The van der Waals surface area contributed by atoms with E-state index < -0.39 is 35.2 Å². The Kier molecular flexibility index (Phi) is 9.97. The highest BCUT2D eigenvalue weighted by Crippen LogP contribution is 2.28. The number of methoxy groups -OCH3 is 1. The Balaban J connectivity index is 0.000000493. The number of urea groups is 1. The first-order chi connectivity index (χ1) is 17.0. The lowest BCUT2D eigenvalue weighted by Crippen LogP contribution is -2.62. The lowest BCUT2D eigenvalue weighted by Gasteiger charge is -2.37. The number of para-hydroxylation sites is 2. The van der Waals surface area contributed by atoms with Crippen LogP contribution in [0.4, 0.5) is 10.5 Å². The normalized spacial score (nSPS) is 17.9. The van der Waals surface area contributed by atoms with E-state index in [9.17, 15) is 24.0 Å². The first kappa shape index (κ1) is 28.3. The molecule has 2 heterocycles. The van der Waals surface area contributed by atoms with Gasteiger partial charge >= 0.3 is 18.0 Å². The Hall–Kier alpha value is -3.93. The Morgan fingerprint density at radius 2 is 1.58 bits per heavy atom. The minimum atomic E-state index is -1.26. The number of carboxylic acid groups (broad SMARTS) is 2. The molecule has 3 N–H and O–H groups in total. The highest BCUT2D eigenvalue weighted by Gasteiger charge is 2.46. The first-order valence-electron chi connectivity index (χ1n) is 11.4. The molecule has 0 bridgehead atoms. The Bertz CT molecular complexity index is 999. The van der Waals surface area contributed by atoms with Gasteiger partial charge in [-0.05, 0) is 38.9 Å². The number of imide groups is 2. The number of ether oxygens (including phenoxy) is 1. The van der Waals surface area contributed by atoms with Gasteiger partial charge in [-0.2, -0.15) is 0 Å². The van der Waals surface area contributed by atoms with Crippen molar-refractivity contribution >= 4 is 35.5 Å². The van der Waals surface area contributed by atoms with Crippen LogP contribution in [0.25, 0.3) is 0 Å². The summed E-state index contributed by atoms with van der Waals surface area (Å²) in [6, 6.07) is 7.39. The summed E-state index contributed by atoms with van der Waals surface area (Å²) in [5.74, 6) is -2.60. The predicted molar refractivity (Wildman–Crippen MR) is 130 cm³/mol. The van der Waals surface area contributed by atoms with E-state index in [-0.39, 0.29) is 0 Å². The summed E-state index contributed by atoms with van der Waals surface area (Å²) in [7, 11) is 1.68. The van der Waals surface area contributed by atoms with Gasteiger partial charge in [0.25, 0.3) is 0 Å². The number of hydrogen-bond donors (Lipinski definition) is 3. The molecule has 0 atom stereocenters. The number of rotatable bonds is 8. The molecule has 196 valence electrons. The number of amides is 4. The Morgan fingerprint density at radius 1 is 1.00 bits per heavy atom. The number of benzene rings is 1. The maximum atomic E-state index is 12.4. The second-order valence-electron chi connectivity index (χ2n) is 8.70. The fourth-order valence-electron chi connectivity index (χ4n) is 3.75. The van der Waals surface area contributed by atoms with Gasteiger partial charge in [0.2, 0.25) is 11.8 Å². The molecule has 0 radical (unpaired) electrons. The molecule has 1 aromatic carbocycles. The molecular weight excluding hydrogens is 472 g/mol. The summed E-state index contributed by atoms with van der Waals surface area (Å²) < 4.78 is 5.45. The molecule has 2 aliphatic rings. The average molecular weight is 505 g/mol. The largest absolute Gasteiger partial charge is 0.495 e. The molecule has 12 nitrogen and oxygen atoms in total. The minimum Gasteiger partial charge on any atom is -0.495 e. The van der Waals surface area contributed by atoms with Crippen LogP contribution in [0, 0.1) is 5.41 Å². The minimum absolute atomic E-state index is 0.314. The smallest absolute Gasteiger partial charge is 0.330 e. The average Bonchev–Trinajstić information content (AvgIpc) is 2.84. The molecule has 4 amide bonds. The Labute approximate surface area is 209 Å². The zero-order valence-corrected chi connectivity index (χ0v) is 20.6. The third kappa shape index (κ3) is 7.54. The van der Waals surface area contributed by atoms with Crippen LogP contribution in [0.5, 0.6) is 5.75 Å². The SMILES string of the molecule is COc1ccccc1N1CCN(CCCN2C(=O)NC(=O)C(C)(C)C2=O)CC1.O=C(O)/C=C/C(=O)O. The van der Waals surface area contributed by atoms with Crippen LogP contribution in [-0.2, 0) is 19.2 Å². The van der Waals surface area contributed by atoms with Gasteiger partial charge in [-0.3, -0.25) is 24.7 Å². The van der Waals surface area contributed by atoms with E-state index in [4.69, 9.17) is 14.9 Å². The first-order valence-corrected chi connectivity index (χ1v) is 11.4. The fraction of sp³-hybridized carbons (Fsp3) is 0.458. The van der Waals surface area contributed by atoms with Crippen molar-refractivity contribution in [1.82, 2.24) is 15.1 Å². The number of carbonyl (C=O) groups excluding carboxylic acids is 3. The van der Waals surface area contributed by atoms with Crippen LogP contribution in [0.3, 0.4) is 0 Å². The molecular formula is C24H32N4O8. The van der Waals surface area contributed by atoms with E-state index in [1.54, 1.807) is 21.0 Å². The highest BCUT2D eigenvalue weighted by atomic mass is 16.5. The van der Waals surface area contributed by atoms with Crippen LogP contribution in [-0.4, -0.2) is 96.2 Å². The molecule has 1 aromatic rings. The third-order valence-corrected chi connectivity index (χ3v) is 5.84. The molecule has 12 heteroatoms. The number of aliphatic carboxylic acids is 2. The summed E-state index contributed by atoms with van der Waals surface area (Å²) >= 11 is 0. The van der Waals surface area contributed by atoms with Gasteiger partial charge in [-0.15, -0.1) is 0 Å². The fourth-order valence-corrected chi connectivity index (χ4v) is 3.75. The van der Waals surface area contributed by atoms with Crippen molar-refractivity contribution in [1.29, 1.82) is 0 Å². The number of anilines is 1. The lowest BCUT2D eigenvalue weighted by molar-refractivity contribution is -0.149. The molecule has 0 aliphatic carbocycles. The van der Waals surface area contributed by atoms with Gasteiger partial charge in [0.1, 0.15) is 11.2 Å².